The summed E-state index contributed by atoms with van der Waals surface area (Å²) in [6.45, 7) is 4.01. The molecular formula is C26H19Cl2NO4. The van der Waals surface area contributed by atoms with Crippen LogP contribution in [0.3, 0.4) is 0 Å². The molecule has 0 aliphatic heterocycles. The summed E-state index contributed by atoms with van der Waals surface area (Å²) in [4.78, 5) is 25.3. The van der Waals surface area contributed by atoms with Crippen LogP contribution in [0.15, 0.2) is 66.2 Å². The quantitative estimate of drug-likeness (QED) is 0.124. The molecule has 0 aromatic heterocycles. The van der Waals surface area contributed by atoms with Gasteiger partial charge in [-0.1, -0.05) is 59.1 Å². The average molecular weight is 480 g/mol. The third-order valence-electron chi connectivity index (χ3n) is 4.61. The Hall–Kier alpha value is -3.59. The van der Waals surface area contributed by atoms with Crippen LogP contribution in [0.4, 0.5) is 0 Å². The van der Waals surface area contributed by atoms with Gasteiger partial charge in [-0.3, -0.25) is 4.79 Å². The number of halogens is 2. The molecule has 0 fully saturated rings. The smallest absolute Gasteiger partial charge is 0.345 e. The van der Waals surface area contributed by atoms with Crippen LogP contribution in [0.5, 0.6) is 11.5 Å². The van der Waals surface area contributed by atoms with Crippen molar-refractivity contribution in [3.05, 3.63) is 98.5 Å². The molecule has 0 aliphatic rings. The lowest BCUT2D eigenvalue weighted by Crippen LogP contribution is -2.10. The number of nitrogens with zero attached hydrogens (tertiary/aromatic N) is 1. The molecule has 0 aliphatic carbocycles. The van der Waals surface area contributed by atoms with E-state index in [1.54, 1.807) is 31.2 Å². The highest BCUT2D eigenvalue weighted by molar-refractivity contribution is 6.36. The molecule has 0 heterocycles. The molecule has 3 rings (SSSR count). The van der Waals surface area contributed by atoms with Crippen molar-refractivity contribution in [2.24, 2.45) is 0 Å². The van der Waals surface area contributed by atoms with Crippen molar-refractivity contribution in [3.63, 3.8) is 0 Å². The Morgan fingerprint density at radius 2 is 1.73 bits per heavy atom. The lowest BCUT2D eigenvalue weighted by molar-refractivity contribution is 0.0728. The molecule has 3 aromatic rings. The molecule has 0 radical (unpaired) electrons. The van der Waals surface area contributed by atoms with Gasteiger partial charge in [-0.25, -0.2) is 4.79 Å². The van der Waals surface area contributed by atoms with Crippen LogP contribution in [-0.4, -0.2) is 18.4 Å². The number of rotatable bonds is 7. The molecule has 0 saturated heterocycles. The monoisotopic (exact) mass is 479 g/mol. The van der Waals surface area contributed by atoms with Gasteiger partial charge in [-0.2, -0.15) is 5.26 Å². The van der Waals surface area contributed by atoms with Crippen LogP contribution in [0, 0.1) is 18.3 Å². The number of esters is 1. The Bertz CT molecular complexity index is 1270. The van der Waals surface area contributed by atoms with Crippen molar-refractivity contribution < 1.29 is 19.1 Å². The van der Waals surface area contributed by atoms with Gasteiger partial charge in [0.1, 0.15) is 11.6 Å². The Labute approximate surface area is 201 Å². The first-order valence-corrected chi connectivity index (χ1v) is 10.7. The Kier molecular flexibility index (Phi) is 7.89. The number of carbonyl (C=O) groups is 2. The molecule has 0 atom stereocenters. The number of hydrogen-bond donors (Lipinski definition) is 0. The van der Waals surface area contributed by atoms with Gasteiger partial charge in [0.2, 0.25) is 5.78 Å². The Morgan fingerprint density at radius 1 is 1.00 bits per heavy atom. The SMILES string of the molecule is CCOc1cc(/C=C(\C#N)C(=O)c2ccc(C)cc2)ccc1OC(=O)c1ccc(Cl)cc1Cl. The minimum absolute atomic E-state index is 0.0287. The van der Waals surface area contributed by atoms with E-state index in [4.69, 9.17) is 32.7 Å². The van der Waals surface area contributed by atoms with Gasteiger partial charge >= 0.3 is 5.97 Å². The number of ketones is 1. The first-order valence-electron chi connectivity index (χ1n) is 9.99. The fraction of sp³-hybridized carbons (Fsp3) is 0.115. The summed E-state index contributed by atoms with van der Waals surface area (Å²) >= 11 is 12.0. The van der Waals surface area contributed by atoms with E-state index >= 15 is 0 Å². The summed E-state index contributed by atoms with van der Waals surface area (Å²) in [5.74, 6) is -0.602. The van der Waals surface area contributed by atoms with Gasteiger partial charge in [0, 0.05) is 10.6 Å². The van der Waals surface area contributed by atoms with Crippen LogP contribution in [0.25, 0.3) is 6.08 Å². The second kappa shape index (κ2) is 10.8. The zero-order valence-corrected chi connectivity index (χ0v) is 19.4. The van der Waals surface area contributed by atoms with Crippen molar-refractivity contribution in [1.82, 2.24) is 0 Å². The maximum atomic E-state index is 12.7. The van der Waals surface area contributed by atoms with Crippen LogP contribution in [0.2, 0.25) is 10.0 Å². The van der Waals surface area contributed by atoms with E-state index in [-0.39, 0.29) is 33.4 Å². The number of hydrogen-bond acceptors (Lipinski definition) is 5. The third-order valence-corrected chi connectivity index (χ3v) is 5.16. The molecule has 3 aromatic carbocycles. The molecule has 5 nitrogen and oxygen atoms in total. The molecule has 0 N–H and O–H groups in total. The minimum atomic E-state index is -0.673. The summed E-state index contributed by atoms with van der Waals surface area (Å²) in [6, 6.07) is 18.1. The highest BCUT2D eigenvalue weighted by atomic mass is 35.5. The van der Waals surface area contributed by atoms with E-state index in [2.05, 4.69) is 0 Å². The normalized spacial score (nSPS) is 10.9. The number of benzene rings is 3. The van der Waals surface area contributed by atoms with Crippen molar-refractivity contribution >= 4 is 41.0 Å². The second-order valence-corrected chi connectivity index (χ2v) is 7.86. The zero-order valence-electron chi connectivity index (χ0n) is 17.9. The molecule has 7 heteroatoms. The standard InChI is InChI=1S/C26H19Cl2NO4/c1-3-32-24-13-17(12-19(15-29)25(30)18-7-4-16(2)5-8-18)6-11-23(24)33-26(31)21-10-9-20(27)14-22(21)28/h4-14H,3H2,1-2H3/b19-12+. The molecule has 33 heavy (non-hydrogen) atoms. The van der Waals surface area contributed by atoms with Crippen LogP contribution < -0.4 is 9.47 Å². The van der Waals surface area contributed by atoms with E-state index in [1.807, 2.05) is 25.1 Å². The van der Waals surface area contributed by atoms with Crippen molar-refractivity contribution in [1.29, 1.82) is 5.26 Å². The first-order chi connectivity index (χ1) is 15.8. The van der Waals surface area contributed by atoms with Gasteiger partial charge in [0.25, 0.3) is 0 Å². The maximum absolute atomic E-state index is 12.7. The summed E-state index contributed by atoms with van der Waals surface area (Å²) in [6.07, 6.45) is 1.46. The Morgan fingerprint density at radius 3 is 2.36 bits per heavy atom. The van der Waals surface area contributed by atoms with Gasteiger partial charge < -0.3 is 9.47 Å². The van der Waals surface area contributed by atoms with Crippen molar-refractivity contribution in [2.45, 2.75) is 13.8 Å². The van der Waals surface area contributed by atoms with Crippen LogP contribution in [-0.2, 0) is 0 Å². The Balaban J connectivity index is 1.89. The van der Waals surface area contributed by atoms with Crippen LogP contribution in [0.1, 0.15) is 38.8 Å². The van der Waals surface area contributed by atoms with Crippen molar-refractivity contribution in [2.75, 3.05) is 6.61 Å². The van der Waals surface area contributed by atoms with Crippen LogP contribution >= 0.6 is 23.2 Å². The molecule has 0 amide bonds. The second-order valence-electron chi connectivity index (χ2n) is 7.02. The molecule has 166 valence electrons. The van der Waals surface area contributed by atoms with Gasteiger partial charge in [0.15, 0.2) is 11.5 Å². The molecular weight excluding hydrogens is 461 g/mol. The highest BCUT2D eigenvalue weighted by Crippen LogP contribution is 2.31. The average Bonchev–Trinajstić information content (AvgIpc) is 2.79. The summed E-state index contributed by atoms with van der Waals surface area (Å²) in [5, 5.41) is 10.1. The number of carbonyl (C=O) groups excluding carboxylic acids is 2. The maximum Gasteiger partial charge on any atom is 0.345 e. The van der Waals surface area contributed by atoms with E-state index in [0.29, 0.717) is 22.8 Å². The largest absolute Gasteiger partial charge is 0.490 e. The van der Waals surface area contributed by atoms with Crippen molar-refractivity contribution in [3.8, 4) is 17.6 Å². The molecule has 0 spiro atoms. The molecule has 0 unspecified atom stereocenters. The van der Waals surface area contributed by atoms with E-state index in [0.717, 1.165) is 5.56 Å². The summed E-state index contributed by atoms with van der Waals surface area (Å²) in [7, 11) is 0. The predicted octanol–water partition coefficient (Wildman–Crippen LogP) is 6.71. The fourth-order valence-electron chi connectivity index (χ4n) is 2.95. The lowest BCUT2D eigenvalue weighted by atomic mass is 10.0. The lowest BCUT2D eigenvalue weighted by Gasteiger charge is -2.12. The summed E-state index contributed by atoms with van der Waals surface area (Å²) < 4.78 is 11.1. The third kappa shape index (κ3) is 6.01. The molecule has 0 saturated carbocycles. The number of ether oxygens (including phenoxy) is 2. The number of allylic oxidation sites excluding steroid dienone is 1. The van der Waals surface area contributed by atoms with Gasteiger partial charge in [0.05, 0.1) is 17.2 Å². The summed E-state index contributed by atoms with van der Waals surface area (Å²) in [5.41, 5.74) is 2.10. The van der Waals surface area contributed by atoms with E-state index < -0.39 is 5.97 Å². The van der Waals surface area contributed by atoms with E-state index in [9.17, 15) is 14.9 Å². The van der Waals surface area contributed by atoms with E-state index in [1.165, 1.54) is 30.3 Å². The zero-order chi connectivity index (χ0) is 24.0. The first kappa shape index (κ1) is 24.1. The number of aryl methyl sites for hydroxylation is 1. The number of Topliss-reactive ketones (excluding diaryl/α,β-unsaturated/α-hetero) is 1. The fourth-order valence-corrected chi connectivity index (χ4v) is 3.44. The highest BCUT2D eigenvalue weighted by Gasteiger charge is 2.17. The minimum Gasteiger partial charge on any atom is -0.490 e. The topological polar surface area (TPSA) is 76.4 Å². The number of nitriles is 1. The predicted molar refractivity (Wildman–Crippen MR) is 128 cm³/mol. The van der Waals surface area contributed by atoms with Gasteiger partial charge in [-0.15, -0.1) is 0 Å². The molecule has 0 bridgehead atoms. The van der Waals surface area contributed by atoms with Gasteiger partial charge in [-0.05, 0) is 55.8 Å².